The van der Waals surface area contributed by atoms with Crippen LogP contribution in [0.15, 0.2) is 54.9 Å². The van der Waals surface area contributed by atoms with Crippen LogP contribution in [0.4, 0.5) is 0 Å². The monoisotopic (exact) mass is 360 g/mol. The summed E-state index contributed by atoms with van der Waals surface area (Å²) < 4.78 is 2.04. The van der Waals surface area contributed by atoms with Gasteiger partial charge in [0.2, 0.25) is 5.91 Å². The lowest BCUT2D eigenvalue weighted by molar-refractivity contribution is -0.132. The number of fused-ring (bicyclic) bond motifs is 2. The number of carbonyl (C=O) groups excluding carboxylic acids is 1. The van der Waals surface area contributed by atoms with Crippen molar-refractivity contribution in [3.8, 4) is 0 Å². The van der Waals surface area contributed by atoms with Crippen molar-refractivity contribution < 1.29 is 4.79 Å². The van der Waals surface area contributed by atoms with E-state index in [-0.39, 0.29) is 11.9 Å². The number of nitrogens with one attached hydrogen (secondary N) is 1. The maximum absolute atomic E-state index is 13.3. The minimum atomic E-state index is 0.166. The number of hydrogen-bond donors (Lipinski definition) is 1. The van der Waals surface area contributed by atoms with Gasteiger partial charge in [-0.25, -0.2) is 4.98 Å². The van der Waals surface area contributed by atoms with Gasteiger partial charge in [0.25, 0.3) is 0 Å². The lowest BCUT2D eigenvalue weighted by Gasteiger charge is -2.28. The van der Waals surface area contributed by atoms with Crippen LogP contribution >= 0.6 is 0 Å². The molecule has 2 aliphatic heterocycles. The minimum absolute atomic E-state index is 0.166. The SMILES string of the molecule is Cc1cccn2c(CC(=O)N3C[C@@H]4CNC[C@@H]4[C@H]3c3ccccc3)cnc12. The first kappa shape index (κ1) is 16.5. The standard InChI is InChI=1S/C22H24N4O/c1-15-6-5-9-25-18(12-24-22(15)25)10-20(27)26-14-17-11-23-13-19(17)21(26)16-7-3-2-4-8-16/h2-9,12,17,19,21,23H,10-11,13-14H2,1H3/t17-,19-,21+/m0/s1. The van der Waals surface area contributed by atoms with E-state index in [9.17, 15) is 4.79 Å². The van der Waals surface area contributed by atoms with Crippen LogP contribution in [0.25, 0.3) is 5.65 Å². The molecule has 0 bridgehead atoms. The normalized spacial score (nSPS) is 24.5. The highest BCUT2D eigenvalue weighted by molar-refractivity contribution is 5.79. The van der Waals surface area contributed by atoms with Gasteiger partial charge in [0.05, 0.1) is 18.2 Å². The van der Waals surface area contributed by atoms with Gasteiger partial charge in [0.1, 0.15) is 5.65 Å². The number of aromatic nitrogens is 2. The van der Waals surface area contributed by atoms with Crippen LogP contribution in [0.1, 0.15) is 22.9 Å². The number of amides is 1. The van der Waals surface area contributed by atoms with Crippen molar-refractivity contribution in [1.82, 2.24) is 19.6 Å². The topological polar surface area (TPSA) is 49.6 Å². The molecule has 3 atom stereocenters. The number of hydrogen-bond acceptors (Lipinski definition) is 3. The predicted octanol–water partition coefficient (Wildman–Crippen LogP) is 2.60. The fraction of sp³-hybridized carbons (Fsp3) is 0.364. The fourth-order valence-corrected chi connectivity index (χ4v) is 4.84. The lowest BCUT2D eigenvalue weighted by atomic mass is 9.89. The molecule has 0 saturated carbocycles. The van der Waals surface area contributed by atoms with Crippen molar-refractivity contribution in [1.29, 1.82) is 0 Å². The van der Waals surface area contributed by atoms with Crippen LogP contribution in [0, 0.1) is 18.8 Å². The number of pyridine rings is 1. The van der Waals surface area contributed by atoms with E-state index in [1.54, 1.807) is 0 Å². The molecule has 0 radical (unpaired) electrons. The summed E-state index contributed by atoms with van der Waals surface area (Å²) in [7, 11) is 0. The molecule has 0 aliphatic carbocycles. The van der Waals surface area contributed by atoms with Gasteiger partial charge < -0.3 is 14.6 Å². The maximum atomic E-state index is 13.3. The molecule has 27 heavy (non-hydrogen) atoms. The molecule has 2 aliphatic rings. The highest BCUT2D eigenvalue weighted by Gasteiger charge is 2.46. The highest BCUT2D eigenvalue weighted by atomic mass is 16.2. The number of likely N-dealkylation sites (tertiary alicyclic amines) is 1. The molecular weight excluding hydrogens is 336 g/mol. The van der Waals surface area contributed by atoms with Crippen LogP contribution in [-0.4, -0.2) is 39.8 Å². The molecule has 2 saturated heterocycles. The van der Waals surface area contributed by atoms with Gasteiger partial charge in [-0.3, -0.25) is 4.79 Å². The summed E-state index contributed by atoms with van der Waals surface area (Å²) in [5, 5.41) is 3.51. The van der Waals surface area contributed by atoms with Crippen LogP contribution < -0.4 is 5.32 Å². The van der Waals surface area contributed by atoms with E-state index in [1.165, 1.54) is 5.56 Å². The third-order valence-electron chi connectivity index (χ3n) is 6.17. The average Bonchev–Trinajstić information content (AvgIpc) is 3.37. The molecule has 5 rings (SSSR count). The quantitative estimate of drug-likeness (QED) is 0.781. The zero-order chi connectivity index (χ0) is 18.4. The first-order valence-corrected chi connectivity index (χ1v) is 9.69. The smallest absolute Gasteiger partial charge is 0.229 e. The molecule has 1 N–H and O–H groups in total. The van der Waals surface area contributed by atoms with Gasteiger partial charge in [-0.2, -0.15) is 0 Å². The van der Waals surface area contributed by atoms with Crippen molar-refractivity contribution in [3.63, 3.8) is 0 Å². The summed E-state index contributed by atoms with van der Waals surface area (Å²) in [5.74, 6) is 1.24. The second-order valence-electron chi connectivity index (χ2n) is 7.79. The second kappa shape index (κ2) is 6.50. The average molecular weight is 360 g/mol. The van der Waals surface area contributed by atoms with Crippen molar-refractivity contribution in [2.45, 2.75) is 19.4 Å². The van der Waals surface area contributed by atoms with Crippen LogP contribution in [0.5, 0.6) is 0 Å². The van der Waals surface area contributed by atoms with Gasteiger partial charge in [-0.05, 0) is 30.0 Å². The van der Waals surface area contributed by atoms with Gasteiger partial charge in [-0.1, -0.05) is 36.4 Å². The summed E-state index contributed by atoms with van der Waals surface area (Å²) in [6.07, 6.45) is 4.23. The first-order chi connectivity index (χ1) is 13.2. The zero-order valence-corrected chi connectivity index (χ0v) is 15.5. The lowest BCUT2D eigenvalue weighted by Crippen LogP contribution is -2.35. The molecule has 1 amide bonds. The Morgan fingerprint density at radius 1 is 1.19 bits per heavy atom. The number of aryl methyl sites for hydroxylation is 1. The minimum Gasteiger partial charge on any atom is -0.335 e. The molecule has 0 spiro atoms. The van der Waals surface area contributed by atoms with E-state index < -0.39 is 0 Å². The molecule has 3 aromatic rings. The van der Waals surface area contributed by atoms with Gasteiger partial charge in [0, 0.05) is 37.9 Å². The first-order valence-electron chi connectivity index (χ1n) is 9.69. The van der Waals surface area contributed by atoms with Gasteiger partial charge in [0.15, 0.2) is 0 Å². The molecule has 1 aromatic carbocycles. The van der Waals surface area contributed by atoms with E-state index in [0.717, 1.165) is 36.5 Å². The molecule has 5 heteroatoms. The largest absolute Gasteiger partial charge is 0.335 e. The molecule has 2 fully saturated rings. The van der Waals surface area contributed by atoms with E-state index in [0.29, 0.717) is 18.3 Å². The number of imidazole rings is 1. The zero-order valence-electron chi connectivity index (χ0n) is 15.5. The molecule has 2 aromatic heterocycles. The third kappa shape index (κ3) is 2.73. The van der Waals surface area contributed by atoms with Crippen molar-refractivity contribution in [2.24, 2.45) is 11.8 Å². The summed E-state index contributed by atoms with van der Waals surface area (Å²) in [6.45, 7) is 4.88. The summed E-state index contributed by atoms with van der Waals surface area (Å²) >= 11 is 0. The molecule has 5 nitrogen and oxygen atoms in total. The van der Waals surface area contributed by atoms with Crippen molar-refractivity contribution in [2.75, 3.05) is 19.6 Å². The van der Waals surface area contributed by atoms with E-state index in [2.05, 4.69) is 39.5 Å². The van der Waals surface area contributed by atoms with Crippen LogP contribution in [0.3, 0.4) is 0 Å². The number of nitrogens with zero attached hydrogens (tertiary/aromatic N) is 3. The maximum Gasteiger partial charge on any atom is 0.229 e. The van der Waals surface area contributed by atoms with E-state index in [4.69, 9.17) is 0 Å². The molecule has 138 valence electrons. The van der Waals surface area contributed by atoms with Gasteiger partial charge in [-0.15, -0.1) is 0 Å². The Kier molecular flexibility index (Phi) is 3.97. The molecule has 4 heterocycles. The highest BCUT2D eigenvalue weighted by Crippen LogP contribution is 2.42. The molecule has 0 unspecified atom stereocenters. The van der Waals surface area contributed by atoms with Gasteiger partial charge >= 0.3 is 0 Å². The Bertz CT molecular complexity index is 980. The Labute approximate surface area is 159 Å². The van der Waals surface area contributed by atoms with Crippen molar-refractivity contribution >= 4 is 11.6 Å². The summed E-state index contributed by atoms with van der Waals surface area (Å²) in [6, 6.07) is 14.7. The Morgan fingerprint density at radius 2 is 2.04 bits per heavy atom. The summed E-state index contributed by atoms with van der Waals surface area (Å²) in [4.78, 5) is 19.9. The number of carbonyl (C=O) groups is 1. The second-order valence-corrected chi connectivity index (χ2v) is 7.79. The van der Waals surface area contributed by atoms with Crippen molar-refractivity contribution in [3.05, 3.63) is 71.7 Å². The Hall–Kier alpha value is -2.66. The number of benzene rings is 1. The molecular formula is C22H24N4O. The Morgan fingerprint density at radius 3 is 2.89 bits per heavy atom. The third-order valence-corrected chi connectivity index (χ3v) is 6.17. The van der Waals surface area contributed by atoms with Crippen LogP contribution in [0.2, 0.25) is 0 Å². The summed E-state index contributed by atoms with van der Waals surface area (Å²) in [5.41, 5.74) is 4.26. The number of rotatable bonds is 3. The predicted molar refractivity (Wildman–Crippen MR) is 104 cm³/mol. The van der Waals surface area contributed by atoms with Crippen LogP contribution in [-0.2, 0) is 11.2 Å². The Balaban J connectivity index is 1.45. The van der Waals surface area contributed by atoms with E-state index >= 15 is 0 Å². The van der Waals surface area contributed by atoms with E-state index in [1.807, 2.05) is 41.9 Å². The fourth-order valence-electron chi connectivity index (χ4n) is 4.84.